The molecule has 1 fully saturated rings. The summed E-state index contributed by atoms with van der Waals surface area (Å²) in [6.45, 7) is 2.21. The smallest absolute Gasteiger partial charge is 0.238 e. The Hall–Kier alpha value is -2.75. The minimum atomic E-state index is -3.71. The van der Waals surface area contributed by atoms with Crippen molar-refractivity contribution in [3.63, 3.8) is 0 Å². The predicted molar refractivity (Wildman–Crippen MR) is 115 cm³/mol. The first-order valence-corrected chi connectivity index (χ1v) is 11.0. The van der Waals surface area contributed by atoms with E-state index in [1.807, 2.05) is 12.1 Å². The fourth-order valence-corrected chi connectivity index (χ4v) is 3.93. The lowest BCUT2D eigenvalue weighted by molar-refractivity contribution is 0.264. The van der Waals surface area contributed by atoms with Crippen LogP contribution in [0.5, 0.6) is 0 Å². The summed E-state index contributed by atoms with van der Waals surface area (Å²) in [4.78, 5) is 11.3. The van der Waals surface area contributed by atoms with Gasteiger partial charge in [0.25, 0.3) is 0 Å². The number of nitrogens with zero attached hydrogens (tertiary/aromatic N) is 3. The molecule has 0 bridgehead atoms. The van der Waals surface area contributed by atoms with Crippen molar-refractivity contribution in [3.8, 4) is 0 Å². The summed E-state index contributed by atoms with van der Waals surface area (Å²) < 4.78 is 22.7. The van der Waals surface area contributed by atoms with Crippen LogP contribution in [-0.2, 0) is 10.0 Å². The molecule has 3 aromatic rings. The monoisotopic (exact) mass is 412 g/mol. The van der Waals surface area contributed by atoms with Crippen LogP contribution >= 0.6 is 0 Å². The maximum atomic E-state index is 11.4. The topological polar surface area (TPSA) is 113 Å². The van der Waals surface area contributed by atoms with E-state index in [4.69, 9.17) is 5.14 Å². The van der Waals surface area contributed by atoms with Gasteiger partial charge >= 0.3 is 0 Å². The summed E-state index contributed by atoms with van der Waals surface area (Å²) in [5, 5.41) is 12.8. The van der Waals surface area contributed by atoms with Crippen molar-refractivity contribution in [2.45, 2.75) is 23.8 Å². The van der Waals surface area contributed by atoms with Crippen molar-refractivity contribution in [1.82, 2.24) is 14.9 Å². The average Bonchev–Trinajstić information content (AvgIpc) is 2.69. The number of likely N-dealkylation sites (tertiary alicyclic amines) is 1. The lowest BCUT2D eigenvalue weighted by Crippen LogP contribution is -2.36. The molecule has 1 aliphatic rings. The summed E-state index contributed by atoms with van der Waals surface area (Å²) in [6, 6.07) is 12.7. The Morgan fingerprint density at radius 3 is 2.45 bits per heavy atom. The number of hydrogen-bond acceptors (Lipinski definition) is 7. The summed E-state index contributed by atoms with van der Waals surface area (Å²) in [6.07, 6.45) is 4.02. The molecule has 0 saturated carbocycles. The van der Waals surface area contributed by atoms with Crippen molar-refractivity contribution < 1.29 is 8.42 Å². The van der Waals surface area contributed by atoms with Crippen molar-refractivity contribution in [2.75, 3.05) is 30.8 Å². The maximum absolute atomic E-state index is 11.4. The molecule has 29 heavy (non-hydrogen) atoms. The van der Waals surface area contributed by atoms with Crippen LogP contribution in [0.25, 0.3) is 10.9 Å². The molecule has 8 nitrogen and oxygen atoms in total. The molecule has 2 heterocycles. The molecule has 0 aliphatic carbocycles. The van der Waals surface area contributed by atoms with Gasteiger partial charge in [-0.05, 0) is 75.4 Å². The van der Waals surface area contributed by atoms with Crippen molar-refractivity contribution in [3.05, 3.63) is 48.7 Å². The van der Waals surface area contributed by atoms with Crippen LogP contribution in [0.2, 0.25) is 0 Å². The van der Waals surface area contributed by atoms with Crippen molar-refractivity contribution in [2.24, 2.45) is 5.14 Å². The normalized spacial score (nSPS) is 16.1. The summed E-state index contributed by atoms with van der Waals surface area (Å²) in [5.74, 6) is 0.442. The maximum Gasteiger partial charge on any atom is 0.238 e. The van der Waals surface area contributed by atoms with Gasteiger partial charge in [-0.15, -0.1) is 0 Å². The van der Waals surface area contributed by atoms with Crippen molar-refractivity contribution >= 4 is 38.2 Å². The van der Waals surface area contributed by atoms with Crippen molar-refractivity contribution in [1.29, 1.82) is 0 Å². The van der Waals surface area contributed by atoms with Crippen LogP contribution in [0.1, 0.15) is 12.8 Å². The first-order chi connectivity index (χ1) is 13.9. The Labute approximate surface area is 170 Å². The Bertz CT molecular complexity index is 1110. The van der Waals surface area contributed by atoms with Crippen LogP contribution in [0.15, 0.2) is 53.6 Å². The molecule has 152 valence electrons. The highest BCUT2D eigenvalue weighted by molar-refractivity contribution is 7.89. The Morgan fingerprint density at radius 2 is 1.76 bits per heavy atom. The van der Waals surface area contributed by atoms with Gasteiger partial charge in [-0.2, -0.15) is 0 Å². The average molecular weight is 413 g/mol. The minimum absolute atomic E-state index is 0.0621. The quantitative estimate of drug-likeness (QED) is 0.590. The summed E-state index contributed by atoms with van der Waals surface area (Å²) in [5.41, 5.74) is 2.56. The van der Waals surface area contributed by atoms with Gasteiger partial charge in [0.2, 0.25) is 16.0 Å². The number of aromatic nitrogens is 2. The van der Waals surface area contributed by atoms with E-state index in [-0.39, 0.29) is 4.90 Å². The van der Waals surface area contributed by atoms with Gasteiger partial charge in [-0.3, -0.25) is 0 Å². The van der Waals surface area contributed by atoms with Crippen LogP contribution in [0.3, 0.4) is 0 Å². The van der Waals surface area contributed by atoms with E-state index in [9.17, 15) is 8.42 Å². The van der Waals surface area contributed by atoms with Gasteiger partial charge in [0.1, 0.15) is 0 Å². The highest BCUT2D eigenvalue weighted by atomic mass is 32.2. The molecule has 1 aliphatic heterocycles. The third-order valence-corrected chi connectivity index (χ3v) is 6.04. The largest absolute Gasteiger partial charge is 0.382 e. The van der Waals surface area contributed by atoms with E-state index in [2.05, 4.69) is 38.6 Å². The van der Waals surface area contributed by atoms with E-state index in [1.165, 1.54) is 12.1 Å². The number of hydrogen-bond donors (Lipinski definition) is 3. The lowest BCUT2D eigenvalue weighted by atomic mass is 10.1. The van der Waals surface area contributed by atoms with Crippen LogP contribution in [0, 0.1) is 0 Å². The zero-order valence-corrected chi connectivity index (χ0v) is 17.0. The first-order valence-electron chi connectivity index (χ1n) is 9.49. The summed E-state index contributed by atoms with van der Waals surface area (Å²) in [7, 11) is -1.56. The SMILES string of the molecule is CN1CCC(Nc2ccc3cnc(Nc4ccc(S(N)(=O)=O)cc4)nc3c2)CC1. The van der Waals surface area contributed by atoms with E-state index < -0.39 is 10.0 Å². The first kappa shape index (κ1) is 19.6. The summed E-state index contributed by atoms with van der Waals surface area (Å²) >= 11 is 0. The zero-order chi connectivity index (χ0) is 20.4. The predicted octanol–water partition coefficient (Wildman–Crippen LogP) is 2.53. The van der Waals surface area contributed by atoms with Crippen LogP contribution < -0.4 is 15.8 Å². The number of fused-ring (bicyclic) bond motifs is 1. The van der Waals surface area contributed by atoms with E-state index in [0.717, 1.165) is 42.5 Å². The van der Waals surface area contributed by atoms with Gasteiger partial charge < -0.3 is 15.5 Å². The van der Waals surface area contributed by atoms with Crippen LogP contribution in [-0.4, -0.2) is 49.5 Å². The number of rotatable bonds is 5. The highest BCUT2D eigenvalue weighted by Crippen LogP contribution is 2.22. The van der Waals surface area contributed by atoms with Crippen LogP contribution in [0.4, 0.5) is 17.3 Å². The number of sulfonamides is 1. The second-order valence-electron chi connectivity index (χ2n) is 7.38. The molecule has 2 aromatic carbocycles. The van der Waals surface area contributed by atoms with E-state index in [1.54, 1.807) is 18.3 Å². The molecule has 9 heteroatoms. The molecule has 4 rings (SSSR count). The number of nitrogens with two attached hydrogens (primary N) is 1. The van der Waals surface area contributed by atoms with Gasteiger partial charge in [0, 0.05) is 29.0 Å². The fourth-order valence-electron chi connectivity index (χ4n) is 3.42. The van der Waals surface area contributed by atoms with Gasteiger partial charge in [-0.25, -0.2) is 23.5 Å². The molecule has 1 aromatic heterocycles. The van der Waals surface area contributed by atoms with Gasteiger partial charge in [-0.1, -0.05) is 0 Å². The van der Waals surface area contributed by atoms with E-state index >= 15 is 0 Å². The Morgan fingerprint density at radius 1 is 1.07 bits per heavy atom. The Kier molecular flexibility index (Phi) is 5.35. The molecule has 0 spiro atoms. The second-order valence-corrected chi connectivity index (χ2v) is 8.94. The molecular weight excluding hydrogens is 388 g/mol. The third kappa shape index (κ3) is 4.81. The molecule has 0 amide bonds. The fraction of sp³-hybridized carbons (Fsp3) is 0.300. The molecule has 0 atom stereocenters. The highest BCUT2D eigenvalue weighted by Gasteiger charge is 2.16. The molecule has 1 saturated heterocycles. The number of nitrogens with one attached hydrogen (secondary N) is 2. The molecular formula is C20H24N6O2S. The lowest BCUT2D eigenvalue weighted by Gasteiger charge is -2.30. The number of benzene rings is 2. The minimum Gasteiger partial charge on any atom is -0.382 e. The van der Waals surface area contributed by atoms with Gasteiger partial charge in [0.15, 0.2) is 0 Å². The van der Waals surface area contributed by atoms with Gasteiger partial charge in [0.05, 0.1) is 10.4 Å². The number of piperidine rings is 1. The second kappa shape index (κ2) is 7.94. The van der Waals surface area contributed by atoms with E-state index in [0.29, 0.717) is 17.7 Å². The number of primary sulfonamides is 1. The molecule has 4 N–H and O–H groups in total. The Balaban J connectivity index is 1.50. The zero-order valence-electron chi connectivity index (χ0n) is 16.2. The number of anilines is 3. The molecule has 0 unspecified atom stereocenters. The third-order valence-electron chi connectivity index (χ3n) is 5.11. The standard InChI is InChI=1S/C20H24N6O2S/c1-26-10-8-16(9-11-26)23-17-3-2-14-13-22-20(25-19(14)12-17)24-15-4-6-18(7-5-15)29(21,27)28/h2-7,12-13,16,23H,8-11H2,1H3,(H2,21,27,28)(H,22,24,25). The molecule has 0 radical (unpaired) electrons.